The van der Waals surface area contributed by atoms with Crippen LogP contribution in [0.25, 0.3) is 44.2 Å². The Morgan fingerprint density at radius 1 is 0.966 bits per heavy atom. The number of imidazole rings is 2. The molecule has 8 rings (SSSR count). The minimum Gasteiger partial charge on any atom is -0.488 e. The molecular formula is C45H55N7O7. The minimum absolute atomic E-state index is 0.0501. The Kier molecular flexibility index (Phi) is 11.4. The van der Waals surface area contributed by atoms with Crippen LogP contribution in [0.15, 0.2) is 48.7 Å². The van der Waals surface area contributed by atoms with Crippen LogP contribution >= 0.6 is 0 Å². The summed E-state index contributed by atoms with van der Waals surface area (Å²) in [6.07, 6.45) is 3.61. The molecule has 0 radical (unpaired) electrons. The van der Waals surface area contributed by atoms with E-state index in [9.17, 15) is 14.4 Å². The highest BCUT2D eigenvalue weighted by atomic mass is 16.5. The van der Waals surface area contributed by atoms with Gasteiger partial charge in [-0.1, -0.05) is 45.4 Å². The molecule has 7 unspecified atom stereocenters. The van der Waals surface area contributed by atoms with Crippen LogP contribution in [0.1, 0.15) is 82.7 Å². The van der Waals surface area contributed by atoms with Crippen molar-refractivity contribution >= 4 is 39.7 Å². The van der Waals surface area contributed by atoms with E-state index in [0.29, 0.717) is 32.7 Å². The lowest BCUT2D eigenvalue weighted by Crippen LogP contribution is -2.51. The number of aromatic amines is 2. The van der Waals surface area contributed by atoms with E-state index in [2.05, 4.69) is 64.7 Å². The van der Waals surface area contributed by atoms with Crippen molar-refractivity contribution in [2.75, 3.05) is 41.0 Å². The number of benzene rings is 3. The second kappa shape index (κ2) is 16.6. The van der Waals surface area contributed by atoms with Crippen molar-refractivity contribution in [3.8, 4) is 28.1 Å². The van der Waals surface area contributed by atoms with Crippen molar-refractivity contribution < 1.29 is 33.3 Å². The predicted molar refractivity (Wildman–Crippen MR) is 223 cm³/mol. The van der Waals surface area contributed by atoms with Crippen LogP contribution in [0.3, 0.4) is 0 Å². The van der Waals surface area contributed by atoms with Crippen molar-refractivity contribution in [2.24, 2.45) is 17.8 Å². The van der Waals surface area contributed by atoms with Gasteiger partial charge in [0.1, 0.15) is 30.0 Å². The highest BCUT2D eigenvalue weighted by Gasteiger charge is 2.41. The van der Waals surface area contributed by atoms with E-state index in [1.807, 2.05) is 36.8 Å². The van der Waals surface area contributed by atoms with Gasteiger partial charge in [-0.2, -0.15) is 0 Å². The SMILES string of the molecule is CCC(C)C(NC(=O)OC)C(=O)N1CC(C)CC1c1ncc(-c2ccc3c(c2)COc2cc4c(ccc5[nH]c(C6CC(COC)CN6C(=O)CC(C)OC)nc54)cc2-3)[nH]1. The summed E-state index contributed by atoms with van der Waals surface area (Å²) >= 11 is 0. The molecule has 3 amide bonds. The first-order chi connectivity index (χ1) is 28.5. The fourth-order valence-electron chi connectivity index (χ4n) is 9.14. The smallest absolute Gasteiger partial charge is 0.407 e. The topological polar surface area (TPSA) is 164 Å². The Bertz CT molecular complexity index is 2370. The lowest BCUT2D eigenvalue weighted by atomic mass is 9.92. The van der Waals surface area contributed by atoms with Crippen molar-refractivity contribution in [2.45, 2.75) is 84.2 Å². The number of H-pyrrole nitrogens is 2. The van der Waals surface area contributed by atoms with Crippen LogP contribution in [-0.4, -0.2) is 101 Å². The number of carbonyl (C=O) groups is 3. The molecule has 0 saturated carbocycles. The van der Waals surface area contributed by atoms with Gasteiger partial charge in [-0.15, -0.1) is 0 Å². The maximum atomic E-state index is 13.9. The van der Waals surface area contributed by atoms with Gasteiger partial charge < -0.3 is 44.0 Å². The maximum Gasteiger partial charge on any atom is 0.407 e. The number of nitrogens with one attached hydrogen (secondary N) is 3. The van der Waals surface area contributed by atoms with E-state index < -0.39 is 12.1 Å². The number of carbonyl (C=O) groups excluding carboxylic acids is 3. The zero-order chi connectivity index (χ0) is 41.5. The predicted octanol–water partition coefficient (Wildman–Crippen LogP) is 7.31. The fourth-order valence-corrected chi connectivity index (χ4v) is 9.14. The van der Waals surface area contributed by atoms with Gasteiger partial charge in [-0.25, -0.2) is 14.8 Å². The number of hydrogen-bond donors (Lipinski definition) is 3. The third-order valence-corrected chi connectivity index (χ3v) is 12.6. The third-order valence-electron chi connectivity index (χ3n) is 12.6. The molecule has 5 heterocycles. The second-order valence-electron chi connectivity index (χ2n) is 16.7. The number of likely N-dealkylation sites (tertiary alicyclic amines) is 2. The van der Waals surface area contributed by atoms with Gasteiger partial charge in [0.2, 0.25) is 11.8 Å². The minimum atomic E-state index is -0.692. The maximum absolute atomic E-state index is 13.9. The van der Waals surface area contributed by atoms with E-state index in [1.165, 1.54) is 7.11 Å². The van der Waals surface area contributed by atoms with E-state index >= 15 is 0 Å². The van der Waals surface area contributed by atoms with Crippen molar-refractivity contribution in [1.82, 2.24) is 35.1 Å². The Morgan fingerprint density at radius 2 is 1.78 bits per heavy atom. The van der Waals surface area contributed by atoms with Crippen LogP contribution in [-0.2, 0) is 30.4 Å². The quantitative estimate of drug-likeness (QED) is 0.117. The van der Waals surface area contributed by atoms with E-state index in [0.717, 1.165) is 86.4 Å². The molecule has 5 aromatic rings. The summed E-state index contributed by atoms with van der Waals surface area (Å²) in [6, 6.07) is 13.7. The average molecular weight is 806 g/mol. The van der Waals surface area contributed by atoms with Gasteiger partial charge in [0, 0.05) is 44.2 Å². The van der Waals surface area contributed by atoms with Crippen molar-refractivity contribution in [3.05, 3.63) is 65.9 Å². The first-order valence-electron chi connectivity index (χ1n) is 20.7. The van der Waals surface area contributed by atoms with Crippen molar-refractivity contribution in [3.63, 3.8) is 0 Å². The van der Waals surface area contributed by atoms with E-state index in [-0.39, 0.29) is 47.8 Å². The number of nitrogens with zero attached hydrogens (tertiary/aromatic N) is 4. The number of hydrogen-bond acceptors (Lipinski definition) is 9. The number of amides is 3. The molecule has 0 spiro atoms. The summed E-state index contributed by atoms with van der Waals surface area (Å²) < 4.78 is 22.2. The first kappa shape index (κ1) is 40.3. The number of ether oxygens (including phenoxy) is 4. The molecule has 2 saturated heterocycles. The molecule has 0 bridgehead atoms. The standard InChI is InChI=1S/C45H55N7O7/c1-8-25(3)40(50-45(55)58-7)44(54)52-20-24(2)13-36(52)42-46-19-35(48-42)29-9-11-31-30(16-29)23-59-38-18-32-28(17-33(31)38)10-12-34-41(32)49-43(47-34)37-15-27(22-56-5)21-51(37)39(53)14-26(4)57-6/h9-12,16-19,24-27,36-37,40H,8,13-15,20-23H2,1-7H3,(H,46,48)(H,47,49)(H,50,55). The first-order valence-corrected chi connectivity index (χ1v) is 20.7. The molecule has 3 aliphatic heterocycles. The molecule has 2 fully saturated rings. The zero-order valence-corrected chi connectivity index (χ0v) is 35.0. The summed E-state index contributed by atoms with van der Waals surface area (Å²) in [6.45, 7) is 10.2. The molecule has 59 heavy (non-hydrogen) atoms. The molecule has 3 aliphatic rings. The number of rotatable bonds is 12. The number of fused-ring (bicyclic) bond motifs is 6. The summed E-state index contributed by atoms with van der Waals surface area (Å²) in [5, 5.41) is 4.80. The Hall–Kier alpha value is -5.47. The molecule has 14 heteroatoms. The number of methoxy groups -OCH3 is 3. The highest BCUT2D eigenvalue weighted by molar-refractivity contribution is 6.07. The Morgan fingerprint density at radius 3 is 2.54 bits per heavy atom. The molecule has 2 aromatic heterocycles. The van der Waals surface area contributed by atoms with Crippen LogP contribution in [0.5, 0.6) is 5.75 Å². The summed E-state index contributed by atoms with van der Waals surface area (Å²) in [7, 11) is 4.63. The zero-order valence-electron chi connectivity index (χ0n) is 35.0. The molecular weight excluding hydrogens is 751 g/mol. The van der Waals surface area contributed by atoms with Crippen LogP contribution in [0.2, 0.25) is 0 Å². The number of aromatic nitrogens is 4. The van der Waals surface area contributed by atoms with Gasteiger partial charge in [0.05, 0.1) is 61.2 Å². The van der Waals surface area contributed by atoms with Gasteiger partial charge >= 0.3 is 6.09 Å². The highest BCUT2D eigenvalue weighted by Crippen LogP contribution is 2.44. The van der Waals surface area contributed by atoms with Crippen LogP contribution in [0.4, 0.5) is 4.79 Å². The molecule has 312 valence electrons. The van der Waals surface area contributed by atoms with Gasteiger partial charge in [-0.3, -0.25) is 9.59 Å². The monoisotopic (exact) mass is 805 g/mol. The van der Waals surface area contributed by atoms with E-state index in [4.69, 9.17) is 28.9 Å². The molecule has 0 aliphatic carbocycles. The second-order valence-corrected chi connectivity index (χ2v) is 16.7. The third kappa shape index (κ3) is 7.75. The van der Waals surface area contributed by atoms with Crippen LogP contribution < -0.4 is 10.1 Å². The summed E-state index contributed by atoms with van der Waals surface area (Å²) in [4.78, 5) is 60.4. The van der Waals surface area contributed by atoms with Crippen LogP contribution in [0, 0.1) is 17.8 Å². The largest absolute Gasteiger partial charge is 0.488 e. The summed E-state index contributed by atoms with van der Waals surface area (Å²) in [5.74, 6) is 2.64. The number of alkyl carbamates (subject to hydrolysis) is 1. The van der Waals surface area contributed by atoms with E-state index in [1.54, 1.807) is 14.2 Å². The normalized spacial score (nSPS) is 21.5. The average Bonchev–Trinajstić information content (AvgIpc) is 4.07. The fraction of sp³-hybridized carbons (Fsp3) is 0.489. The molecule has 7 atom stereocenters. The van der Waals surface area contributed by atoms with Gasteiger partial charge in [0.15, 0.2) is 0 Å². The van der Waals surface area contributed by atoms with Crippen molar-refractivity contribution in [1.29, 1.82) is 0 Å². The Labute approximate surface area is 344 Å². The summed E-state index contributed by atoms with van der Waals surface area (Å²) in [5.41, 5.74) is 6.76. The Balaban J connectivity index is 1.05. The molecule has 14 nitrogen and oxygen atoms in total. The van der Waals surface area contributed by atoms with Gasteiger partial charge in [-0.05, 0) is 77.9 Å². The lowest BCUT2D eigenvalue weighted by Gasteiger charge is -2.30. The molecule has 3 aromatic carbocycles. The van der Waals surface area contributed by atoms with Gasteiger partial charge in [0.25, 0.3) is 0 Å². The lowest BCUT2D eigenvalue weighted by molar-refractivity contribution is -0.136. The molecule has 3 N–H and O–H groups in total.